The average molecular weight is 606 g/mol. The van der Waals surface area contributed by atoms with Crippen molar-refractivity contribution >= 4 is 24.3 Å². The van der Waals surface area contributed by atoms with Crippen LogP contribution in [-0.4, -0.2) is 31.0 Å². The van der Waals surface area contributed by atoms with Gasteiger partial charge in [0.05, 0.1) is 0 Å². The van der Waals surface area contributed by atoms with E-state index in [4.69, 9.17) is 4.74 Å². The molecule has 0 N–H and O–H groups in total. The van der Waals surface area contributed by atoms with Crippen molar-refractivity contribution in [2.75, 3.05) is 6.61 Å². The Balaban J connectivity index is 5.71. The van der Waals surface area contributed by atoms with Gasteiger partial charge in [0.1, 0.15) is 0 Å². The SMILES string of the molecule is CCC[CH2][Sn]([CH2]CCC)([CH2]CCC)[C](/C=C/C=C(\C)CC/C=C(\C)CCC=C(C)C)=C/C(=O)OCC. The van der Waals surface area contributed by atoms with Crippen LogP contribution in [0.15, 0.2) is 56.8 Å². The van der Waals surface area contributed by atoms with E-state index in [0.717, 1.165) is 25.7 Å². The first kappa shape index (κ1) is 35.0. The van der Waals surface area contributed by atoms with Crippen molar-refractivity contribution in [1.82, 2.24) is 0 Å². The summed E-state index contributed by atoms with van der Waals surface area (Å²) in [4.78, 5) is 12.6. The van der Waals surface area contributed by atoms with E-state index in [-0.39, 0.29) is 5.97 Å². The van der Waals surface area contributed by atoms with Gasteiger partial charge in [0.2, 0.25) is 0 Å². The van der Waals surface area contributed by atoms with Crippen molar-refractivity contribution < 1.29 is 9.53 Å². The van der Waals surface area contributed by atoms with Gasteiger partial charge >= 0.3 is 211 Å². The Kier molecular flexibility index (Phi) is 21.4. The second-order valence-electron chi connectivity index (χ2n) is 10.7. The summed E-state index contributed by atoms with van der Waals surface area (Å²) >= 11 is -2.72. The molecule has 0 atom stereocenters. The van der Waals surface area contributed by atoms with Crippen molar-refractivity contribution in [2.24, 2.45) is 0 Å². The zero-order valence-electron chi connectivity index (χ0n) is 25.2. The fourth-order valence-electron chi connectivity index (χ4n) is 4.68. The van der Waals surface area contributed by atoms with Crippen molar-refractivity contribution in [2.45, 2.75) is 133 Å². The van der Waals surface area contributed by atoms with E-state index < -0.39 is 18.4 Å². The van der Waals surface area contributed by atoms with E-state index in [1.54, 1.807) is 0 Å². The van der Waals surface area contributed by atoms with E-state index in [1.165, 1.54) is 72.1 Å². The maximum atomic E-state index is 12.6. The number of ether oxygens (including phenoxy) is 1. The number of rotatable bonds is 20. The summed E-state index contributed by atoms with van der Waals surface area (Å²) < 4.78 is 10.8. The normalized spacial score (nSPS) is 13.4. The topological polar surface area (TPSA) is 26.3 Å². The molecule has 0 bridgehead atoms. The number of hydrogen-bond donors (Lipinski definition) is 0. The molecule has 0 rings (SSSR count). The summed E-state index contributed by atoms with van der Waals surface area (Å²) in [6.07, 6.45) is 25.4. The molecule has 0 aromatic heterocycles. The van der Waals surface area contributed by atoms with Crippen LogP contribution in [0.2, 0.25) is 13.3 Å². The fraction of sp³-hybridized carbons (Fsp3) is 0.667. The first-order valence-electron chi connectivity index (χ1n) is 14.8. The number of unbranched alkanes of at least 4 members (excludes halogenated alkanes) is 3. The zero-order valence-corrected chi connectivity index (χ0v) is 28.0. The summed E-state index contributed by atoms with van der Waals surface area (Å²) in [5.41, 5.74) is 4.28. The third kappa shape index (κ3) is 16.7. The molecule has 0 aliphatic rings. The van der Waals surface area contributed by atoms with E-state index in [0.29, 0.717) is 6.61 Å². The molecule has 0 radical (unpaired) electrons. The number of carbonyl (C=O) groups excluding carboxylic acids is 1. The molecular weight excluding hydrogens is 547 g/mol. The molecule has 206 valence electrons. The van der Waals surface area contributed by atoms with Gasteiger partial charge in [0.25, 0.3) is 0 Å². The number of esters is 1. The molecule has 0 aliphatic carbocycles. The zero-order chi connectivity index (χ0) is 27.2. The van der Waals surface area contributed by atoms with Crippen LogP contribution in [0.4, 0.5) is 0 Å². The Labute approximate surface area is 229 Å². The molecule has 0 amide bonds. The minimum absolute atomic E-state index is 0.155. The first-order chi connectivity index (χ1) is 17.2. The van der Waals surface area contributed by atoms with E-state index in [9.17, 15) is 4.79 Å². The summed E-state index contributed by atoms with van der Waals surface area (Å²) in [6.45, 7) is 18.0. The summed E-state index contributed by atoms with van der Waals surface area (Å²) in [5, 5.41) is 0. The summed E-state index contributed by atoms with van der Waals surface area (Å²) in [5.74, 6) is -0.155. The Morgan fingerprint density at radius 1 is 0.750 bits per heavy atom. The molecule has 0 spiro atoms. The molecule has 0 unspecified atom stereocenters. The summed E-state index contributed by atoms with van der Waals surface area (Å²) in [6, 6.07) is 0. The molecule has 36 heavy (non-hydrogen) atoms. The quantitative estimate of drug-likeness (QED) is 0.0454. The van der Waals surface area contributed by atoms with Crippen LogP contribution in [0.25, 0.3) is 0 Å². The van der Waals surface area contributed by atoms with Crippen LogP contribution in [0, 0.1) is 0 Å². The van der Waals surface area contributed by atoms with Crippen LogP contribution in [-0.2, 0) is 9.53 Å². The molecule has 0 saturated heterocycles. The van der Waals surface area contributed by atoms with Gasteiger partial charge in [-0.25, -0.2) is 0 Å². The van der Waals surface area contributed by atoms with Crippen LogP contribution in [0.5, 0.6) is 0 Å². The Hall–Kier alpha value is -1.03. The second-order valence-corrected chi connectivity index (χ2v) is 24.0. The van der Waals surface area contributed by atoms with Gasteiger partial charge in [0.15, 0.2) is 0 Å². The first-order valence-corrected chi connectivity index (χ1v) is 22.2. The minimum atomic E-state index is -2.72. The molecule has 3 heteroatoms. The van der Waals surface area contributed by atoms with E-state index >= 15 is 0 Å². The number of carbonyl (C=O) groups is 1. The van der Waals surface area contributed by atoms with Gasteiger partial charge in [0, 0.05) is 0 Å². The van der Waals surface area contributed by atoms with Crippen LogP contribution < -0.4 is 0 Å². The van der Waals surface area contributed by atoms with Crippen LogP contribution in [0.1, 0.15) is 120 Å². The molecule has 2 nitrogen and oxygen atoms in total. The van der Waals surface area contributed by atoms with Gasteiger partial charge in [-0.2, -0.15) is 0 Å². The van der Waals surface area contributed by atoms with Crippen molar-refractivity contribution in [3.63, 3.8) is 0 Å². The predicted octanol–water partition coefficient (Wildman–Crippen LogP) is 10.8. The molecular formula is C33H58O2Sn. The maximum absolute atomic E-state index is 12.6. The standard InChI is InChI=1S/C21H31O2.3C4H9.Sn/c1-6-23-21(22)17-9-7-8-13-19(4)15-11-16-20(5)14-10-12-18(2)3;3*1-3-4-2;/h7-8,12-13,16-17H,6,10-11,14-15H2,1-5H3;3*1,3-4H2,2H3;/b8-7+,17-9?,19-13+,20-16+;;;;. The van der Waals surface area contributed by atoms with Crippen molar-refractivity contribution in [1.29, 1.82) is 0 Å². The van der Waals surface area contributed by atoms with E-state index in [2.05, 4.69) is 78.8 Å². The second kappa shape index (κ2) is 22.0. The Morgan fingerprint density at radius 3 is 1.78 bits per heavy atom. The molecule has 0 aliphatic heterocycles. The molecule has 0 aromatic carbocycles. The Morgan fingerprint density at radius 2 is 1.28 bits per heavy atom. The average Bonchev–Trinajstić information content (AvgIpc) is 2.83. The van der Waals surface area contributed by atoms with Gasteiger partial charge in [-0.15, -0.1) is 0 Å². The van der Waals surface area contributed by atoms with Crippen molar-refractivity contribution in [3.05, 3.63) is 56.8 Å². The number of allylic oxidation sites excluding steroid dienone is 9. The Bertz CT molecular complexity index is 726. The van der Waals surface area contributed by atoms with Crippen LogP contribution in [0.3, 0.4) is 0 Å². The number of hydrogen-bond acceptors (Lipinski definition) is 2. The van der Waals surface area contributed by atoms with Gasteiger partial charge in [-0.1, -0.05) is 5.57 Å². The monoisotopic (exact) mass is 606 g/mol. The fourth-order valence-corrected chi connectivity index (χ4v) is 20.6. The molecule has 0 fully saturated rings. The molecule has 0 saturated carbocycles. The van der Waals surface area contributed by atoms with Gasteiger partial charge < -0.3 is 0 Å². The van der Waals surface area contributed by atoms with Gasteiger partial charge in [-0.3, -0.25) is 0 Å². The van der Waals surface area contributed by atoms with Crippen molar-refractivity contribution in [3.8, 4) is 0 Å². The third-order valence-corrected chi connectivity index (χ3v) is 22.6. The molecule has 0 heterocycles. The predicted molar refractivity (Wildman–Crippen MR) is 164 cm³/mol. The van der Waals surface area contributed by atoms with Gasteiger partial charge in [-0.05, 0) is 13.8 Å². The third-order valence-electron chi connectivity index (χ3n) is 6.98. The molecule has 0 aromatic rings. The van der Waals surface area contributed by atoms with Crippen LogP contribution >= 0.6 is 0 Å². The van der Waals surface area contributed by atoms with E-state index in [1.807, 2.05) is 13.0 Å². The summed E-state index contributed by atoms with van der Waals surface area (Å²) in [7, 11) is 0.